The number of aromatic nitrogens is 2. The number of furan rings is 1. The van der Waals surface area contributed by atoms with Gasteiger partial charge in [-0.1, -0.05) is 35.9 Å². The zero-order chi connectivity index (χ0) is 24.2. The van der Waals surface area contributed by atoms with E-state index in [1.165, 1.54) is 16.8 Å². The van der Waals surface area contributed by atoms with Gasteiger partial charge in [-0.15, -0.1) is 0 Å². The lowest BCUT2D eigenvalue weighted by Gasteiger charge is -2.36. The minimum atomic E-state index is -0.179. The molecule has 0 unspecified atom stereocenters. The molecular weight excluding hydrogens is 438 g/mol. The van der Waals surface area contributed by atoms with Gasteiger partial charge in [0.05, 0.1) is 12.0 Å². The van der Waals surface area contributed by atoms with E-state index in [0.29, 0.717) is 18.0 Å². The Hall–Kier alpha value is -3.84. The number of para-hydroxylation sites is 1. The molecule has 0 bridgehead atoms. The lowest BCUT2D eigenvalue weighted by molar-refractivity contribution is 0.0942. The Morgan fingerprint density at radius 2 is 1.77 bits per heavy atom. The zero-order valence-corrected chi connectivity index (χ0v) is 20.3. The van der Waals surface area contributed by atoms with Crippen molar-refractivity contribution in [1.29, 1.82) is 0 Å². The molecule has 0 saturated carbocycles. The summed E-state index contributed by atoms with van der Waals surface area (Å²) in [5.41, 5.74) is 5.94. The molecule has 7 nitrogen and oxygen atoms in total. The Morgan fingerprint density at radius 1 is 0.971 bits per heavy atom. The third-order valence-electron chi connectivity index (χ3n) is 6.50. The molecule has 0 aliphatic carbocycles. The third kappa shape index (κ3) is 5.15. The molecule has 1 amide bonds. The van der Waals surface area contributed by atoms with Crippen molar-refractivity contribution in [3.8, 4) is 17.1 Å². The maximum atomic E-state index is 12.9. The molecule has 1 aliphatic rings. The summed E-state index contributed by atoms with van der Waals surface area (Å²) in [4.78, 5) is 17.8. The van der Waals surface area contributed by atoms with Crippen LogP contribution in [0.15, 0.2) is 77.4 Å². The second-order valence-electron chi connectivity index (χ2n) is 9.01. The minimum Gasteiger partial charge on any atom is -0.463 e. The maximum Gasteiger partial charge on any atom is 0.271 e. The molecule has 3 heterocycles. The van der Waals surface area contributed by atoms with Crippen molar-refractivity contribution in [2.24, 2.45) is 0 Å². The van der Waals surface area contributed by atoms with Crippen molar-refractivity contribution in [2.45, 2.75) is 13.8 Å². The van der Waals surface area contributed by atoms with Gasteiger partial charge in [-0.05, 0) is 49.7 Å². The lowest BCUT2D eigenvalue weighted by atomic mass is 10.1. The first kappa shape index (κ1) is 22.9. The smallest absolute Gasteiger partial charge is 0.271 e. The van der Waals surface area contributed by atoms with Gasteiger partial charge in [-0.3, -0.25) is 9.69 Å². The van der Waals surface area contributed by atoms with Crippen LogP contribution in [-0.2, 0) is 0 Å². The van der Waals surface area contributed by atoms with Gasteiger partial charge in [-0.2, -0.15) is 5.10 Å². The molecule has 1 fully saturated rings. The first-order chi connectivity index (χ1) is 17.1. The summed E-state index contributed by atoms with van der Waals surface area (Å²) < 4.78 is 7.34. The fourth-order valence-electron chi connectivity index (χ4n) is 4.65. The molecule has 0 atom stereocenters. The largest absolute Gasteiger partial charge is 0.463 e. The van der Waals surface area contributed by atoms with Crippen molar-refractivity contribution >= 4 is 11.6 Å². The van der Waals surface area contributed by atoms with Crippen molar-refractivity contribution in [3.63, 3.8) is 0 Å². The fraction of sp³-hybridized carbons (Fsp3) is 0.286. The van der Waals surface area contributed by atoms with Crippen LogP contribution in [0.2, 0.25) is 0 Å². The van der Waals surface area contributed by atoms with Crippen LogP contribution in [0.1, 0.15) is 21.6 Å². The number of amides is 1. The standard InChI is InChI=1S/C28H31N5O2/c1-21-10-11-25(22(2)19-21)32-16-14-31(15-17-32)13-12-29-28(34)24-20-26(27-9-6-18-35-27)33(30-24)23-7-4-3-5-8-23/h3-11,18-20H,12-17H2,1-2H3,(H,29,34). The second kappa shape index (κ2) is 10.2. The van der Waals surface area contributed by atoms with Crippen LogP contribution in [0.3, 0.4) is 0 Å². The first-order valence-corrected chi connectivity index (χ1v) is 12.1. The number of benzene rings is 2. The molecule has 180 valence electrons. The van der Waals surface area contributed by atoms with E-state index >= 15 is 0 Å². The Kier molecular flexibility index (Phi) is 6.68. The molecule has 7 heteroatoms. The van der Waals surface area contributed by atoms with Gasteiger partial charge in [0, 0.05) is 51.0 Å². The highest BCUT2D eigenvalue weighted by Gasteiger charge is 2.20. The summed E-state index contributed by atoms with van der Waals surface area (Å²) >= 11 is 0. The summed E-state index contributed by atoms with van der Waals surface area (Å²) in [6, 6.07) is 21.9. The Labute approximate surface area is 206 Å². The zero-order valence-electron chi connectivity index (χ0n) is 20.3. The molecular formula is C28H31N5O2. The maximum absolute atomic E-state index is 12.9. The van der Waals surface area contributed by atoms with Gasteiger partial charge < -0.3 is 14.6 Å². The van der Waals surface area contributed by atoms with Crippen LogP contribution in [-0.4, -0.2) is 59.9 Å². The number of carbonyl (C=O) groups excluding carboxylic acids is 1. The van der Waals surface area contributed by atoms with Gasteiger partial charge >= 0.3 is 0 Å². The van der Waals surface area contributed by atoms with Crippen LogP contribution in [0.4, 0.5) is 5.69 Å². The summed E-state index contributed by atoms with van der Waals surface area (Å²) in [7, 11) is 0. The highest BCUT2D eigenvalue weighted by Crippen LogP contribution is 2.25. The number of rotatable bonds is 7. The summed E-state index contributed by atoms with van der Waals surface area (Å²) in [6.45, 7) is 9.65. The van der Waals surface area contributed by atoms with Crippen LogP contribution in [0, 0.1) is 13.8 Å². The monoisotopic (exact) mass is 469 g/mol. The number of nitrogens with one attached hydrogen (secondary N) is 1. The lowest BCUT2D eigenvalue weighted by Crippen LogP contribution is -2.48. The average molecular weight is 470 g/mol. The predicted octanol–water partition coefficient (Wildman–Crippen LogP) is 4.30. The fourth-order valence-corrected chi connectivity index (χ4v) is 4.65. The third-order valence-corrected chi connectivity index (χ3v) is 6.50. The van der Waals surface area contributed by atoms with Crippen LogP contribution < -0.4 is 10.2 Å². The molecule has 35 heavy (non-hydrogen) atoms. The molecule has 1 aliphatic heterocycles. The number of nitrogens with zero attached hydrogens (tertiary/aromatic N) is 4. The number of anilines is 1. The average Bonchev–Trinajstić information content (AvgIpc) is 3.56. The number of aryl methyl sites for hydroxylation is 2. The van der Waals surface area contributed by atoms with Crippen molar-refractivity contribution < 1.29 is 9.21 Å². The van der Waals surface area contributed by atoms with Crippen LogP contribution >= 0.6 is 0 Å². The molecule has 2 aromatic heterocycles. The molecule has 5 rings (SSSR count). The predicted molar refractivity (Wildman–Crippen MR) is 138 cm³/mol. The topological polar surface area (TPSA) is 66.5 Å². The quantitative estimate of drug-likeness (QED) is 0.437. The van der Waals surface area contributed by atoms with E-state index < -0.39 is 0 Å². The van der Waals surface area contributed by atoms with Gasteiger partial charge in [0.25, 0.3) is 5.91 Å². The van der Waals surface area contributed by atoms with E-state index in [4.69, 9.17) is 4.42 Å². The van der Waals surface area contributed by atoms with E-state index in [9.17, 15) is 4.79 Å². The van der Waals surface area contributed by atoms with E-state index in [-0.39, 0.29) is 5.91 Å². The highest BCUT2D eigenvalue weighted by atomic mass is 16.3. The van der Waals surface area contributed by atoms with Gasteiger partial charge in [0.2, 0.25) is 0 Å². The SMILES string of the molecule is Cc1ccc(N2CCN(CCNC(=O)c3cc(-c4ccco4)n(-c4ccccc4)n3)CC2)c(C)c1. The van der Waals surface area contributed by atoms with Crippen molar-refractivity contribution in [2.75, 3.05) is 44.2 Å². The van der Waals surface area contributed by atoms with E-state index in [0.717, 1.165) is 44.1 Å². The molecule has 0 radical (unpaired) electrons. The molecule has 0 spiro atoms. The van der Waals surface area contributed by atoms with Crippen molar-refractivity contribution in [3.05, 3.63) is 89.8 Å². The second-order valence-corrected chi connectivity index (χ2v) is 9.01. The summed E-state index contributed by atoms with van der Waals surface area (Å²) in [5, 5.41) is 7.63. The molecule has 4 aromatic rings. The Bertz CT molecular complexity index is 1270. The van der Waals surface area contributed by atoms with Gasteiger partial charge in [-0.25, -0.2) is 4.68 Å². The number of hydrogen-bond donors (Lipinski definition) is 1. The number of hydrogen-bond acceptors (Lipinski definition) is 5. The normalized spacial score (nSPS) is 14.3. The highest BCUT2D eigenvalue weighted by molar-refractivity contribution is 5.93. The number of piperazine rings is 1. The van der Waals surface area contributed by atoms with E-state index in [2.05, 4.69) is 52.3 Å². The van der Waals surface area contributed by atoms with Gasteiger partial charge in [0.1, 0.15) is 5.69 Å². The summed E-state index contributed by atoms with van der Waals surface area (Å²) in [6.07, 6.45) is 1.62. The number of carbonyl (C=O) groups is 1. The molecule has 2 aromatic carbocycles. The van der Waals surface area contributed by atoms with E-state index in [1.54, 1.807) is 17.0 Å². The minimum absolute atomic E-state index is 0.179. The van der Waals surface area contributed by atoms with Gasteiger partial charge in [0.15, 0.2) is 11.5 Å². The Balaban J connectivity index is 1.18. The first-order valence-electron chi connectivity index (χ1n) is 12.1. The van der Waals surface area contributed by atoms with Crippen LogP contribution in [0.5, 0.6) is 0 Å². The molecule has 1 N–H and O–H groups in total. The van der Waals surface area contributed by atoms with E-state index in [1.807, 2.05) is 42.5 Å². The summed E-state index contributed by atoms with van der Waals surface area (Å²) in [5.74, 6) is 0.489. The van der Waals surface area contributed by atoms with Crippen LogP contribution in [0.25, 0.3) is 17.1 Å². The van der Waals surface area contributed by atoms with Crippen molar-refractivity contribution in [1.82, 2.24) is 20.0 Å². The Morgan fingerprint density at radius 3 is 2.49 bits per heavy atom. The molecule has 1 saturated heterocycles.